The molecule has 0 spiro atoms. The van der Waals surface area contributed by atoms with Crippen LogP contribution < -0.4 is 5.32 Å². The molecule has 0 fully saturated rings. The lowest BCUT2D eigenvalue weighted by atomic mass is 10.3. The van der Waals surface area contributed by atoms with Crippen molar-refractivity contribution in [1.82, 2.24) is 29.9 Å². The van der Waals surface area contributed by atoms with Crippen molar-refractivity contribution < 1.29 is 0 Å². The molecule has 1 N–H and O–H groups in total. The average molecular weight is 313 g/mol. The fourth-order valence-electron chi connectivity index (χ4n) is 1.77. The Hall–Kier alpha value is -1.21. The number of nitrogens with zero attached hydrogens (tertiary/aromatic N) is 5. The van der Waals surface area contributed by atoms with Gasteiger partial charge in [0.2, 0.25) is 0 Å². The Morgan fingerprint density at radius 2 is 2.11 bits per heavy atom. The highest BCUT2D eigenvalue weighted by molar-refractivity contribution is 9.10. The summed E-state index contributed by atoms with van der Waals surface area (Å²) in [4.78, 5) is 0. The molecular formula is C11H17BrN6. The van der Waals surface area contributed by atoms with Crippen LogP contribution in [-0.2, 0) is 33.6 Å². The molecule has 0 aliphatic heterocycles. The number of aryl methyl sites for hydroxylation is 3. The second kappa shape index (κ2) is 5.62. The minimum atomic E-state index is 0.690. The van der Waals surface area contributed by atoms with Crippen molar-refractivity contribution in [3.8, 4) is 0 Å². The van der Waals surface area contributed by atoms with Crippen LogP contribution in [0.2, 0.25) is 0 Å². The molecule has 2 rings (SSSR count). The quantitative estimate of drug-likeness (QED) is 0.900. The van der Waals surface area contributed by atoms with Gasteiger partial charge in [-0.2, -0.15) is 5.10 Å². The summed E-state index contributed by atoms with van der Waals surface area (Å²) in [6.07, 6.45) is 2.63. The topological polar surface area (TPSA) is 60.6 Å². The number of aromatic nitrogens is 5. The van der Waals surface area contributed by atoms with Crippen LogP contribution in [0.3, 0.4) is 0 Å². The van der Waals surface area contributed by atoms with Gasteiger partial charge in [0.1, 0.15) is 12.2 Å². The third-order valence-electron chi connectivity index (χ3n) is 2.88. The fraction of sp³-hybridized carbons (Fsp3) is 0.545. The normalized spacial score (nSPS) is 11.1. The van der Waals surface area contributed by atoms with Gasteiger partial charge in [-0.05, 0) is 22.4 Å². The smallest absolute Gasteiger partial charge is 0.146 e. The highest BCUT2D eigenvalue weighted by atomic mass is 79.9. The number of rotatable bonds is 5. The van der Waals surface area contributed by atoms with Crippen LogP contribution in [0, 0.1) is 0 Å². The lowest BCUT2D eigenvalue weighted by Crippen LogP contribution is -2.17. The highest BCUT2D eigenvalue weighted by Crippen LogP contribution is 2.21. The van der Waals surface area contributed by atoms with Crippen molar-refractivity contribution in [2.45, 2.75) is 26.4 Å². The summed E-state index contributed by atoms with van der Waals surface area (Å²) >= 11 is 3.60. The van der Waals surface area contributed by atoms with Crippen molar-refractivity contribution in [1.29, 1.82) is 0 Å². The van der Waals surface area contributed by atoms with Crippen molar-refractivity contribution in [3.63, 3.8) is 0 Å². The summed E-state index contributed by atoms with van der Waals surface area (Å²) in [7, 11) is 3.90. The van der Waals surface area contributed by atoms with E-state index in [0.717, 1.165) is 34.7 Å². The lowest BCUT2D eigenvalue weighted by molar-refractivity contribution is 0.596. The fourth-order valence-corrected chi connectivity index (χ4v) is 2.53. The van der Waals surface area contributed by atoms with E-state index >= 15 is 0 Å². The van der Waals surface area contributed by atoms with E-state index in [1.807, 2.05) is 23.3 Å². The van der Waals surface area contributed by atoms with Gasteiger partial charge in [0, 0.05) is 20.6 Å². The second-order valence-electron chi connectivity index (χ2n) is 4.15. The Morgan fingerprint density at radius 3 is 2.67 bits per heavy atom. The second-order valence-corrected chi connectivity index (χ2v) is 4.94. The standard InChI is InChI=1S/C11H17BrN6/c1-4-8-11(12)9(18(3)16-8)5-13-6-10-15-14-7-17(10)2/h7,13H,4-6H2,1-3H3. The molecule has 6 nitrogen and oxygen atoms in total. The van der Waals surface area contributed by atoms with Crippen molar-refractivity contribution in [3.05, 3.63) is 28.0 Å². The SMILES string of the molecule is CCc1nn(C)c(CNCc2nncn2C)c1Br. The summed E-state index contributed by atoms with van der Waals surface area (Å²) in [5.41, 5.74) is 2.24. The molecule has 2 heterocycles. The Balaban J connectivity index is 1.98. The number of hydrogen-bond donors (Lipinski definition) is 1. The summed E-state index contributed by atoms with van der Waals surface area (Å²) < 4.78 is 4.91. The molecule has 0 saturated carbocycles. The predicted octanol–water partition coefficient (Wildman–Crippen LogP) is 1.16. The zero-order chi connectivity index (χ0) is 13.1. The average Bonchev–Trinajstić information content (AvgIpc) is 2.87. The van der Waals surface area contributed by atoms with Crippen molar-refractivity contribution in [2.75, 3.05) is 0 Å². The Bertz CT molecular complexity index is 530. The van der Waals surface area contributed by atoms with Gasteiger partial charge in [-0.15, -0.1) is 10.2 Å². The van der Waals surface area contributed by atoms with Crippen LogP contribution in [0.5, 0.6) is 0 Å². The molecule has 0 radical (unpaired) electrons. The van der Waals surface area contributed by atoms with E-state index in [0.29, 0.717) is 6.54 Å². The van der Waals surface area contributed by atoms with Crippen LogP contribution in [-0.4, -0.2) is 24.5 Å². The number of nitrogens with one attached hydrogen (secondary N) is 1. The molecule has 2 aromatic heterocycles. The van der Waals surface area contributed by atoms with E-state index in [-0.39, 0.29) is 0 Å². The third-order valence-corrected chi connectivity index (χ3v) is 3.80. The molecule has 0 unspecified atom stereocenters. The van der Waals surface area contributed by atoms with Gasteiger partial charge in [0.15, 0.2) is 0 Å². The Kier molecular flexibility index (Phi) is 4.13. The van der Waals surface area contributed by atoms with E-state index in [1.54, 1.807) is 6.33 Å². The Labute approximate surface area is 115 Å². The zero-order valence-electron chi connectivity index (χ0n) is 10.8. The largest absolute Gasteiger partial charge is 0.320 e. The first-order valence-electron chi connectivity index (χ1n) is 5.87. The lowest BCUT2D eigenvalue weighted by Gasteiger charge is -2.05. The van der Waals surface area contributed by atoms with Gasteiger partial charge in [0.25, 0.3) is 0 Å². The molecule has 0 aliphatic carbocycles. The molecule has 0 atom stereocenters. The minimum absolute atomic E-state index is 0.690. The number of halogens is 1. The van der Waals surface area contributed by atoms with Crippen molar-refractivity contribution >= 4 is 15.9 Å². The first-order valence-corrected chi connectivity index (χ1v) is 6.66. The van der Waals surface area contributed by atoms with E-state index in [4.69, 9.17) is 0 Å². The summed E-state index contributed by atoms with van der Waals surface area (Å²) in [6, 6.07) is 0. The molecule has 0 amide bonds. The molecule has 0 aromatic carbocycles. The predicted molar refractivity (Wildman–Crippen MR) is 71.8 cm³/mol. The van der Waals surface area contributed by atoms with Crippen molar-refractivity contribution in [2.24, 2.45) is 14.1 Å². The van der Waals surface area contributed by atoms with Gasteiger partial charge < -0.3 is 9.88 Å². The minimum Gasteiger partial charge on any atom is -0.320 e. The van der Waals surface area contributed by atoms with E-state index in [9.17, 15) is 0 Å². The monoisotopic (exact) mass is 312 g/mol. The van der Waals surface area contributed by atoms with Crippen LogP contribution in [0.1, 0.15) is 24.1 Å². The van der Waals surface area contributed by atoms with Gasteiger partial charge in [0.05, 0.1) is 22.4 Å². The van der Waals surface area contributed by atoms with Gasteiger partial charge >= 0.3 is 0 Å². The maximum atomic E-state index is 4.46. The molecule has 18 heavy (non-hydrogen) atoms. The van der Waals surface area contributed by atoms with E-state index in [1.165, 1.54) is 0 Å². The molecule has 2 aromatic rings. The van der Waals surface area contributed by atoms with Crippen LogP contribution in [0.15, 0.2) is 10.8 Å². The van der Waals surface area contributed by atoms with Crippen LogP contribution in [0.4, 0.5) is 0 Å². The summed E-state index contributed by atoms with van der Waals surface area (Å²) in [5.74, 6) is 0.920. The molecule has 7 heteroatoms. The zero-order valence-corrected chi connectivity index (χ0v) is 12.4. The molecule has 0 saturated heterocycles. The number of hydrogen-bond acceptors (Lipinski definition) is 4. The summed E-state index contributed by atoms with van der Waals surface area (Å²) in [6.45, 7) is 3.54. The molecule has 0 aliphatic rings. The Morgan fingerprint density at radius 1 is 1.33 bits per heavy atom. The maximum absolute atomic E-state index is 4.46. The van der Waals surface area contributed by atoms with Gasteiger partial charge in [-0.25, -0.2) is 0 Å². The van der Waals surface area contributed by atoms with Crippen LogP contribution >= 0.6 is 15.9 Å². The molecule has 0 bridgehead atoms. The maximum Gasteiger partial charge on any atom is 0.146 e. The molecule has 98 valence electrons. The molecular weight excluding hydrogens is 296 g/mol. The summed E-state index contributed by atoms with van der Waals surface area (Å²) in [5, 5.41) is 15.7. The van der Waals surface area contributed by atoms with E-state index in [2.05, 4.69) is 43.5 Å². The highest BCUT2D eigenvalue weighted by Gasteiger charge is 2.12. The first-order chi connectivity index (χ1) is 8.63. The van der Waals surface area contributed by atoms with Crippen LogP contribution in [0.25, 0.3) is 0 Å². The first kappa shape index (κ1) is 13.2. The van der Waals surface area contributed by atoms with Gasteiger partial charge in [-0.1, -0.05) is 6.92 Å². The van der Waals surface area contributed by atoms with Gasteiger partial charge in [-0.3, -0.25) is 4.68 Å². The van der Waals surface area contributed by atoms with E-state index < -0.39 is 0 Å². The third kappa shape index (κ3) is 2.62.